The number of rotatable bonds is 3. The molecule has 0 aromatic heterocycles. The molecule has 21 heavy (non-hydrogen) atoms. The first-order valence-electron chi connectivity index (χ1n) is 7.91. The standard InChI is InChI=1S/C19H22N2/c1-3-7-16(8-4-1)18(17-9-5-2-6-10-17)21-14-19(15-21)11-12-20-13-19/h1-10,18,20H,11-15H2. The number of nitrogens with zero attached hydrogens (tertiary/aromatic N) is 1. The van der Waals surface area contributed by atoms with Gasteiger partial charge < -0.3 is 5.32 Å². The van der Waals surface area contributed by atoms with Gasteiger partial charge in [0.05, 0.1) is 6.04 Å². The van der Waals surface area contributed by atoms with Crippen molar-refractivity contribution in [2.75, 3.05) is 26.2 Å². The second kappa shape index (κ2) is 5.28. The van der Waals surface area contributed by atoms with Gasteiger partial charge in [0.15, 0.2) is 0 Å². The number of hydrogen-bond acceptors (Lipinski definition) is 2. The molecule has 0 bridgehead atoms. The van der Waals surface area contributed by atoms with Crippen LogP contribution in [0.4, 0.5) is 0 Å². The smallest absolute Gasteiger partial charge is 0.0602 e. The van der Waals surface area contributed by atoms with Crippen molar-refractivity contribution in [3.63, 3.8) is 0 Å². The highest BCUT2D eigenvalue weighted by molar-refractivity contribution is 5.33. The van der Waals surface area contributed by atoms with Gasteiger partial charge in [0.1, 0.15) is 0 Å². The maximum atomic E-state index is 3.53. The van der Waals surface area contributed by atoms with Crippen LogP contribution in [0.25, 0.3) is 0 Å². The molecule has 0 radical (unpaired) electrons. The molecule has 2 aliphatic heterocycles. The first kappa shape index (κ1) is 13.1. The van der Waals surface area contributed by atoms with Crippen LogP contribution in [0.3, 0.4) is 0 Å². The first-order chi connectivity index (χ1) is 10.4. The lowest BCUT2D eigenvalue weighted by Crippen LogP contribution is -2.58. The van der Waals surface area contributed by atoms with E-state index in [-0.39, 0.29) is 0 Å². The van der Waals surface area contributed by atoms with E-state index in [1.807, 2.05) is 0 Å². The molecule has 2 aliphatic rings. The number of likely N-dealkylation sites (tertiary alicyclic amines) is 1. The predicted molar refractivity (Wildman–Crippen MR) is 86.2 cm³/mol. The Labute approximate surface area is 126 Å². The maximum absolute atomic E-state index is 3.53. The minimum absolute atomic E-state index is 0.402. The van der Waals surface area contributed by atoms with E-state index in [9.17, 15) is 0 Å². The van der Waals surface area contributed by atoms with Crippen LogP contribution in [-0.2, 0) is 0 Å². The molecule has 2 aromatic carbocycles. The summed E-state index contributed by atoms with van der Waals surface area (Å²) in [6.45, 7) is 4.82. The highest BCUT2D eigenvalue weighted by Crippen LogP contribution is 2.43. The van der Waals surface area contributed by atoms with E-state index in [0.717, 1.165) is 0 Å². The highest BCUT2D eigenvalue weighted by Gasteiger charge is 2.47. The van der Waals surface area contributed by atoms with Gasteiger partial charge in [-0.25, -0.2) is 0 Å². The average molecular weight is 278 g/mol. The second-order valence-corrected chi connectivity index (χ2v) is 6.56. The molecule has 4 rings (SSSR count). The van der Waals surface area contributed by atoms with Gasteiger partial charge in [-0.1, -0.05) is 60.7 Å². The molecule has 2 heteroatoms. The van der Waals surface area contributed by atoms with Crippen molar-refractivity contribution in [2.24, 2.45) is 5.41 Å². The molecule has 0 aliphatic carbocycles. The lowest BCUT2D eigenvalue weighted by Gasteiger charge is -2.51. The van der Waals surface area contributed by atoms with Gasteiger partial charge in [-0.15, -0.1) is 0 Å². The Morgan fingerprint density at radius 2 is 1.43 bits per heavy atom. The van der Waals surface area contributed by atoms with E-state index in [1.165, 1.54) is 43.7 Å². The lowest BCUT2D eigenvalue weighted by molar-refractivity contribution is -0.00676. The van der Waals surface area contributed by atoms with Crippen molar-refractivity contribution in [2.45, 2.75) is 12.5 Å². The summed E-state index contributed by atoms with van der Waals surface area (Å²) in [4.78, 5) is 2.64. The molecule has 2 saturated heterocycles. The van der Waals surface area contributed by atoms with Crippen LogP contribution in [0, 0.1) is 5.41 Å². The van der Waals surface area contributed by atoms with E-state index in [0.29, 0.717) is 11.5 Å². The largest absolute Gasteiger partial charge is 0.316 e. The first-order valence-corrected chi connectivity index (χ1v) is 7.91. The Morgan fingerprint density at radius 1 is 0.857 bits per heavy atom. The summed E-state index contributed by atoms with van der Waals surface area (Å²) in [5.74, 6) is 0. The van der Waals surface area contributed by atoms with Crippen molar-refractivity contribution in [1.82, 2.24) is 10.2 Å². The minimum atomic E-state index is 0.402. The highest BCUT2D eigenvalue weighted by atomic mass is 15.3. The molecule has 2 fully saturated rings. The fraction of sp³-hybridized carbons (Fsp3) is 0.368. The minimum Gasteiger partial charge on any atom is -0.316 e. The SMILES string of the molecule is c1ccc(C(c2ccccc2)N2CC3(CCNC3)C2)cc1. The van der Waals surface area contributed by atoms with Gasteiger partial charge in [0, 0.05) is 25.0 Å². The normalized spacial score (nSPS) is 20.8. The summed E-state index contributed by atoms with van der Waals surface area (Å²) in [6.07, 6.45) is 1.33. The molecular formula is C19H22N2. The van der Waals surface area contributed by atoms with Crippen LogP contribution in [0.5, 0.6) is 0 Å². The molecule has 0 atom stereocenters. The molecule has 1 spiro atoms. The van der Waals surface area contributed by atoms with Crippen LogP contribution in [0.2, 0.25) is 0 Å². The van der Waals surface area contributed by atoms with Crippen LogP contribution >= 0.6 is 0 Å². The summed E-state index contributed by atoms with van der Waals surface area (Å²) in [6, 6.07) is 22.2. The average Bonchev–Trinajstić information content (AvgIpc) is 2.99. The van der Waals surface area contributed by atoms with Crippen LogP contribution in [-0.4, -0.2) is 31.1 Å². The van der Waals surface area contributed by atoms with Gasteiger partial charge in [-0.3, -0.25) is 4.90 Å². The third kappa shape index (κ3) is 2.39. The Morgan fingerprint density at radius 3 is 1.90 bits per heavy atom. The maximum Gasteiger partial charge on any atom is 0.0602 e. The molecule has 0 saturated carbocycles. The third-order valence-corrected chi connectivity index (χ3v) is 5.00. The summed E-state index contributed by atoms with van der Waals surface area (Å²) in [5, 5.41) is 3.53. The van der Waals surface area contributed by atoms with Crippen molar-refractivity contribution in [1.29, 1.82) is 0 Å². The van der Waals surface area contributed by atoms with Gasteiger partial charge in [0.25, 0.3) is 0 Å². The second-order valence-electron chi connectivity index (χ2n) is 6.56. The van der Waals surface area contributed by atoms with E-state index >= 15 is 0 Å². The number of hydrogen-bond donors (Lipinski definition) is 1. The molecule has 0 unspecified atom stereocenters. The Balaban J connectivity index is 1.62. The summed E-state index contributed by atoms with van der Waals surface area (Å²) in [5.41, 5.74) is 3.36. The van der Waals surface area contributed by atoms with Gasteiger partial charge in [0.2, 0.25) is 0 Å². The summed E-state index contributed by atoms with van der Waals surface area (Å²) >= 11 is 0. The molecule has 2 heterocycles. The van der Waals surface area contributed by atoms with E-state index in [1.54, 1.807) is 0 Å². The zero-order valence-electron chi connectivity index (χ0n) is 12.3. The molecule has 0 amide bonds. The van der Waals surface area contributed by atoms with Crippen molar-refractivity contribution >= 4 is 0 Å². The van der Waals surface area contributed by atoms with E-state index < -0.39 is 0 Å². The molecular weight excluding hydrogens is 256 g/mol. The zero-order chi connectivity index (χ0) is 14.1. The Kier molecular flexibility index (Phi) is 3.28. The van der Waals surface area contributed by atoms with Crippen molar-refractivity contribution in [3.8, 4) is 0 Å². The van der Waals surface area contributed by atoms with Crippen LogP contribution in [0.1, 0.15) is 23.6 Å². The zero-order valence-corrected chi connectivity index (χ0v) is 12.3. The summed E-state index contributed by atoms with van der Waals surface area (Å²) < 4.78 is 0. The molecule has 2 nitrogen and oxygen atoms in total. The van der Waals surface area contributed by atoms with Crippen LogP contribution in [0.15, 0.2) is 60.7 Å². The van der Waals surface area contributed by atoms with Gasteiger partial charge in [-0.05, 0) is 24.1 Å². The summed E-state index contributed by atoms with van der Waals surface area (Å²) in [7, 11) is 0. The van der Waals surface area contributed by atoms with Gasteiger partial charge >= 0.3 is 0 Å². The lowest BCUT2D eigenvalue weighted by atomic mass is 9.76. The number of nitrogens with one attached hydrogen (secondary N) is 1. The molecule has 2 aromatic rings. The topological polar surface area (TPSA) is 15.3 Å². The molecule has 108 valence electrons. The third-order valence-electron chi connectivity index (χ3n) is 5.00. The molecule has 1 N–H and O–H groups in total. The number of benzene rings is 2. The fourth-order valence-corrected chi connectivity index (χ4v) is 3.95. The quantitative estimate of drug-likeness (QED) is 0.928. The van der Waals surface area contributed by atoms with Crippen molar-refractivity contribution in [3.05, 3.63) is 71.8 Å². The fourth-order valence-electron chi connectivity index (χ4n) is 3.95. The Bertz CT molecular complexity index is 540. The monoisotopic (exact) mass is 278 g/mol. The van der Waals surface area contributed by atoms with E-state index in [2.05, 4.69) is 70.9 Å². The predicted octanol–water partition coefficient (Wildman–Crippen LogP) is 3.07. The van der Waals surface area contributed by atoms with Crippen LogP contribution < -0.4 is 5.32 Å². The van der Waals surface area contributed by atoms with Gasteiger partial charge in [-0.2, -0.15) is 0 Å². The van der Waals surface area contributed by atoms with E-state index in [4.69, 9.17) is 0 Å². The Hall–Kier alpha value is -1.64. The van der Waals surface area contributed by atoms with Crippen molar-refractivity contribution < 1.29 is 0 Å².